The first-order valence-electron chi connectivity index (χ1n) is 11.8. The van der Waals surface area contributed by atoms with E-state index < -0.39 is 11.9 Å². The molecular formula is C25H24ClF3N6O. The predicted molar refractivity (Wildman–Crippen MR) is 128 cm³/mol. The number of nitrogens with one attached hydrogen (secondary N) is 1. The van der Waals surface area contributed by atoms with E-state index in [4.69, 9.17) is 11.6 Å². The number of nitriles is 1. The Labute approximate surface area is 210 Å². The number of nitrogens with zero attached hydrogens (tertiary/aromatic N) is 5. The van der Waals surface area contributed by atoms with Crippen molar-refractivity contribution in [1.29, 1.82) is 5.26 Å². The number of anilines is 1. The third kappa shape index (κ3) is 4.15. The summed E-state index contributed by atoms with van der Waals surface area (Å²) in [5, 5.41) is 17.2. The number of carbonyl (C=O) groups excluding carboxylic acids is 1. The van der Waals surface area contributed by atoms with Crippen LogP contribution < -0.4 is 4.90 Å². The Morgan fingerprint density at radius 1 is 1.31 bits per heavy atom. The highest BCUT2D eigenvalue weighted by atomic mass is 35.5. The Morgan fingerprint density at radius 2 is 2.08 bits per heavy atom. The molecule has 0 saturated carbocycles. The van der Waals surface area contributed by atoms with Crippen molar-refractivity contribution in [2.75, 3.05) is 24.5 Å². The summed E-state index contributed by atoms with van der Waals surface area (Å²) in [6.07, 6.45) is -3.81. The number of H-pyrrole nitrogens is 1. The molecule has 2 unspecified atom stereocenters. The van der Waals surface area contributed by atoms with Gasteiger partial charge in [-0.1, -0.05) is 18.5 Å². The molecule has 0 aliphatic carbocycles. The topological polar surface area (TPSA) is 88.9 Å². The van der Waals surface area contributed by atoms with Crippen LogP contribution in [0.1, 0.15) is 41.6 Å². The maximum absolute atomic E-state index is 13.4. The average molecular weight is 517 g/mol. The number of hydrogen-bond donors (Lipinski definition) is 1. The smallest absolute Gasteiger partial charge is 0.370 e. The lowest BCUT2D eigenvalue weighted by molar-refractivity contribution is -0.142. The number of rotatable bonds is 2. The Morgan fingerprint density at radius 3 is 2.78 bits per heavy atom. The van der Waals surface area contributed by atoms with Crippen LogP contribution in [0.15, 0.2) is 18.2 Å². The van der Waals surface area contributed by atoms with Crippen LogP contribution in [-0.4, -0.2) is 45.6 Å². The van der Waals surface area contributed by atoms with Crippen LogP contribution in [0.3, 0.4) is 0 Å². The van der Waals surface area contributed by atoms with E-state index in [1.54, 1.807) is 17.9 Å². The van der Waals surface area contributed by atoms with E-state index in [9.17, 15) is 23.2 Å². The molecule has 1 aromatic carbocycles. The molecule has 5 rings (SSSR count). The van der Waals surface area contributed by atoms with Crippen molar-refractivity contribution < 1.29 is 18.0 Å². The number of pyridine rings is 1. The van der Waals surface area contributed by atoms with E-state index in [0.29, 0.717) is 35.8 Å². The van der Waals surface area contributed by atoms with Crippen molar-refractivity contribution in [2.45, 2.75) is 39.4 Å². The summed E-state index contributed by atoms with van der Waals surface area (Å²) in [6.45, 7) is 5.21. The Hall–Kier alpha value is -3.32. The van der Waals surface area contributed by atoms with Gasteiger partial charge in [-0.05, 0) is 43.9 Å². The van der Waals surface area contributed by atoms with E-state index in [2.05, 4.69) is 26.2 Å². The molecular weight excluding hydrogens is 493 g/mol. The predicted octanol–water partition coefficient (Wildman–Crippen LogP) is 4.86. The molecule has 4 heterocycles. The maximum atomic E-state index is 13.4. The fourth-order valence-electron chi connectivity index (χ4n) is 5.48. The number of hydrogen-bond acceptors (Lipinski definition) is 5. The second-order valence-electron chi connectivity index (χ2n) is 9.54. The van der Waals surface area contributed by atoms with E-state index >= 15 is 0 Å². The second-order valence-corrected chi connectivity index (χ2v) is 9.98. The minimum absolute atomic E-state index is 0.0354. The first-order valence-corrected chi connectivity index (χ1v) is 12.1. The van der Waals surface area contributed by atoms with Crippen molar-refractivity contribution >= 4 is 34.1 Å². The van der Waals surface area contributed by atoms with Crippen molar-refractivity contribution in [3.05, 3.63) is 51.4 Å². The van der Waals surface area contributed by atoms with Gasteiger partial charge in [0.15, 0.2) is 0 Å². The number of alkyl halides is 3. The van der Waals surface area contributed by atoms with E-state index in [0.717, 1.165) is 16.6 Å². The number of benzene rings is 1. The zero-order valence-electron chi connectivity index (χ0n) is 19.8. The van der Waals surface area contributed by atoms with Crippen LogP contribution in [-0.2, 0) is 23.9 Å². The Balaban J connectivity index is 1.36. The van der Waals surface area contributed by atoms with Crippen molar-refractivity contribution in [2.24, 2.45) is 11.8 Å². The monoisotopic (exact) mass is 516 g/mol. The number of aryl methyl sites for hydroxylation is 1. The largest absolute Gasteiger partial charge is 0.433 e. The molecule has 2 atom stereocenters. The fourth-order valence-corrected chi connectivity index (χ4v) is 5.65. The SMILES string of the molecule is Cc1nc2ccc(Cl)cc2c(N2CCC(C(=O)N3CCc4c(n[nH]c4C(F)(F)F)C3)C(C)C2)c1C#N. The highest BCUT2D eigenvalue weighted by Crippen LogP contribution is 2.38. The third-order valence-electron chi connectivity index (χ3n) is 7.27. The summed E-state index contributed by atoms with van der Waals surface area (Å²) >= 11 is 6.26. The summed E-state index contributed by atoms with van der Waals surface area (Å²) < 4.78 is 39.6. The van der Waals surface area contributed by atoms with Crippen LogP contribution in [0.25, 0.3) is 10.9 Å². The van der Waals surface area contributed by atoms with E-state index in [1.165, 1.54) is 0 Å². The van der Waals surface area contributed by atoms with Gasteiger partial charge in [0.25, 0.3) is 0 Å². The van der Waals surface area contributed by atoms with Crippen molar-refractivity contribution in [1.82, 2.24) is 20.1 Å². The van der Waals surface area contributed by atoms with Gasteiger partial charge in [0.1, 0.15) is 11.8 Å². The number of piperidine rings is 1. The zero-order chi connectivity index (χ0) is 25.8. The molecule has 2 aromatic heterocycles. The Kier molecular flexibility index (Phi) is 6.07. The molecule has 11 heteroatoms. The number of amides is 1. The van der Waals surface area contributed by atoms with Crippen molar-refractivity contribution in [3.63, 3.8) is 0 Å². The first-order chi connectivity index (χ1) is 17.1. The molecule has 1 amide bonds. The van der Waals surface area contributed by atoms with Gasteiger partial charge in [0.05, 0.1) is 34.7 Å². The van der Waals surface area contributed by atoms with Gasteiger partial charge in [-0.3, -0.25) is 14.9 Å². The van der Waals surface area contributed by atoms with E-state index in [-0.39, 0.29) is 48.5 Å². The quantitative estimate of drug-likeness (QED) is 0.525. The van der Waals surface area contributed by atoms with Gasteiger partial charge in [0.2, 0.25) is 5.91 Å². The average Bonchev–Trinajstić information content (AvgIpc) is 3.27. The minimum Gasteiger partial charge on any atom is -0.370 e. The maximum Gasteiger partial charge on any atom is 0.433 e. The first kappa shape index (κ1) is 24.4. The number of halogens is 4. The molecule has 2 aliphatic rings. The molecule has 2 aliphatic heterocycles. The summed E-state index contributed by atoms with van der Waals surface area (Å²) in [5.41, 5.74) is 2.26. The normalized spacial score (nSPS) is 20.4. The second kappa shape index (κ2) is 8.96. The van der Waals surface area contributed by atoms with Crippen LogP contribution in [0, 0.1) is 30.1 Å². The fraction of sp³-hybridized carbons (Fsp3) is 0.440. The number of aromatic amines is 1. The van der Waals surface area contributed by atoms with Crippen LogP contribution in [0.2, 0.25) is 5.02 Å². The zero-order valence-corrected chi connectivity index (χ0v) is 20.5. The lowest BCUT2D eigenvalue weighted by Gasteiger charge is -2.40. The molecule has 1 N–H and O–H groups in total. The van der Waals surface area contributed by atoms with Crippen molar-refractivity contribution in [3.8, 4) is 6.07 Å². The van der Waals surface area contributed by atoms with Crippen LogP contribution >= 0.6 is 11.6 Å². The molecule has 188 valence electrons. The van der Waals surface area contributed by atoms with Gasteiger partial charge in [-0.2, -0.15) is 23.5 Å². The lowest BCUT2D eigenvalue weighted by atomic mass is 9.84. The Bertz CT molecular complexity index is 1400. The van der Waals surface area contributed by atoms with Gasteiger partial charge >= 0.3 is 6.18 Å². The summed E-state index contributed by atoms with van der Waals surface area (Å²) in [4.78, 5) is 21.7. The summed E-state index contributed by atoms with van der Waals surface area (Å²) in [7, 11) is 0. The molecule has 0 bridgehead atoms. The molecule has 7 nitrogen and oxygen atoms in total. The number of carbonyl (C=O) groups is 1. The highest BCUT2D eigenvalue weighted by Gasteiger charge is 2.41. The van der Waals surface area contributed by atoms with E-state index in [1.807, 2.05) is 19.1 Å². The lowest BCUT2D eigenvalue weighted by Crippen LogP contribution is -2.48. The molecule has 1 fully saturated rings. The molecule has 0 radical (unpaired) electrons. The minimum atomic E-state index is -4.49. The standard InChI is InChI=1S/C25H24ClF3N6O/c1-13-11-34(22-18-9-15(26)3-4-20(18)31-14(2)19(22)10-30)7-5-16(13)24(36)35-8-6-17-21(12-35)32-33-23(17)25(27,28)29/h3-4,9,13,16H,5-8,11-12H2,1-2H3,(H,32,33). The molecule has 36 heavy (non-hydrogen) atoms. The third-order valence-corrected chi connectivity index (χ3v) is 7.51. The highest BCUT2D eigenvalue weighted by molar-refractivity contribution is 6.31. The van der Waals surface area contributed by atoms with Gasteiger partial charge < -0.3 is 9.80 Å². The van der Waals surface area contributed by atoms with Gasteiger partial charge in [-0.25, -0.2) is 0 Å². The molecule has 1 saturated heterocycles. The number of fused-ring (bicyclic) bond motifs is 2. The summed E-state index contributed by atoms with van der Waals surface area (Å²) in [5.74, 6) is -0.373. The van der Waals surface area contributed by atoms with Crippen LogP contribution in [0.5, 0.6) is 0 Å². The molecule has 0 spiro atoms. The summed E-state index contributed by atoms with van der Waals surface area (Å²) in [6, 6.07) is 7.69. The van der Waals surface area contributed by atoms with Gasteiger partial charge in [0, 0.05) is 41.5 Å². The molecule has 3 aromatic rings. The van der Waals surface area contributed by atoms with Crippen LogP contribution in [0.4, 0.5) is 18.9 Å². The van der Waals surface area contributed by atoms with Gasteiger partial charge in [-0.15, -0.1) is 0 Å². The number of aromatic nitrogens is 3.